The average molecular weight is 347 g/mol. The number of likely N-dealkylation sites (N-methyl/N-ethyl adjacent to an activating group) is 1. The maximum atomic E-state index is 12.2. The van der Waals surface area contributed by atoms with Gasteiger partial charge in [0.15, 0.2) is 0 Å². The van der Waals surface area contributed by atoms with Crippen molar-refractivity contribution in [2.45, 2.75) is 12.7 Å². The van der Waals surface area contributed by atoms with E-state index in [4.69, 9.17) is 23.2 Å². The molecule has 1 fully saturated rings. The number of nitrogens with zero attached hydrogens (tertiary/aromatic N) is 2. The van der Waals surface area contributed by atoms with Crippen molar-refractivity contribution in [2.75, 3.05) is 38.5 Å². The van der Waals surface area contributed by atoms with Crippen LogP contribution < -0.4 is 0 Å². The number of benzene rings is 1. The number of carbonyl (C=O) groups excluding carboxylic acids is 1. The molecule has 0 atom stereocenters. The number of carbonyl (C=O) groups is 1. The van der Waals surface area contributed by atoms with E-state index in [9.17, 15) is 4.79 Å². The van der Waals surface area contributed by atoms with Gasteiger partial charge in [0, 0.05) is 42.0 Å². The standard InChI is InChI=1S/C15H20Cl2N2OS/c1-2-18-6-8-19(9-7-18)15(20)11-21-10-12-13(16)4-3-5-14(12)17/h3-5H,2,6-11H2,1H3. The summed E-state index contributed by atoms with van der Waals surface area (Å²) in [4.78, 5) is 16.5. The van der Waals surface area contributed by atoms with E-state index in [1.165, 1.54) is 0 Å². The van der Waals surface area contributed by atoms with Gasteiger partial charge < -0.3 is 9.80 Å². The van der Waals surface area contributed by atoms with Gasteiger partial charge in [0.2, 0.25) is 5.91 Å². The van der Waals surface area contributed by atoms with Gasteiger partial charge in [-0.15, -0.1) is 11.8 Å². The molecule has 0 unspecified atom stereocenters. The van der Waals surface area contributed by atoms with E-state index < -0.39 is 0 Å². The van der Waals surface area contributed by atoms with Gasteiger partial charge >= 0.3 is 0 Å². The minimum atomic E-state index is 0.207. The lowest BCUT2D eigenvalue weighted by Crippen LogP contribution is -2.49. The maximum Gasteiger partial charge on any atom is 0.232 e. The number of hydrogen-bond donors (Lipinski definition) is 0. The molecule has 0 radical (unpaired) electrons. The second-order valence-electron chi connectivity index (χ2n) is 5.01. The Morgan fingerprint density at radius 1 is 1.19 bits per heavy atom. The second kappa shape index (κ2) is 8.28. The third-order valence-corrected chi connectivity index (χ3v) is 5.36. The molecular weight excluding hydrogens is 327 g/mol. The van der Waals surface area contributed by atoms with Crippen LogP contribution in [0.25, 0.3) is 0 Å². The Balaban J connectivity index is 1.77. The predicted octanol–water partition coefficient (Wildman–Crippen LogP) is 3.39. The number of amides is 1. The fourth-order valence-corrected chi connectivity index (χ4v) is 3.98. The molecule has 1 amide bonds. The zero-order chi connectivity index (χ0) is 15.2. The molecule has 1 aromatic rings. The van der Waals surface area contributed by atoms with Gasteiger partial charge in [0.1, 0.15) is 0 Å². The van der Waals surface area contributed by atoms with E-state index in [0.29, 0.717) is 21.6 Å². The summed E-state index contributed by atoms with van der Waals surface area (Å²) in [5, 5.41) is 1.33. The molecule has 0 N–H and O–H groups in total. The fourth-order valence-electron chi connectivity index (χ4n) is 2.32. The summed E-state index contributed by atoms with van der Waals surface area (Å²) in [5.41, 5.74) is 0.912. The Hall–Kier alpha value is -0.420. The molecule has 1 aliphatic rings. The lowest BCUT2D eigenvalue weighted by atomic mass is 10.2. The average Bonchev–Trinajstić information content (AvgIpc) is 2.50. The van der Waals surface area contributed by atoms with Crippen LogP contribution in [0.5, 0.6) is 0 Å². The van der Waals surface area contributed by atoms with Crippen molar-refractivity contribution in [3.05, 3.63) is 33.8 Å². The summed E-state index contributed by atoms with van der Waals surface area (Å²) in [5.74, 6) is 1.35. The first-order chi connectivity index (χ1) is 10.1. The van der Waals surface area contributed by atoms with Gasteiger partial charge in [-0.2, -0.15) is 0 Å². The number of piperazine rings is 1. The molecule has 3 nitrogen and oxygen atoms in total. The molecule has 116 valence electrons. The highest BCUT2D eigenvalue weighted by molar-refractivity contribution is 7.99. The third kappa shape index (κ3) is 4.78. The predicted molar refractivity (Wildman–Crippen MR) is 91.3 cm³/mol. The summed E-state index contributed by atoms with van der Waals surface area (Å²) >= 11 is 13.8. The first-order valence-electron chi connectivity index (χ1n) is 7.12. The molecule has 6 heteroatoms. The zero-order valence-electron chi connectivity index (χ0n) is 12.1. The van der Waals surface area contributed by atoms with Crippen LogP contribution >= 0.6 is 35.0 Å². The molecule has 2 rings (SSSR count). The van der Waals surface area contributed by atoms with Crippen molar-refractivity contribution >= 4 is 40.9 Å². The first-order valence-corrected chi connectivity index (χ1v) is 9.03. The molecule has 21 heavy (non-hydrogen) atoms. The van der Waals surface area contributed by atoms with Crippen molar-refractivity contribution in [3.63, 3.8) is 0 Å². The summed E-state index contributed by atoms with van der Waals surface area (Å²) in [6, 6.07) is 5.49. The highest BCUT2D eigenvalue weighted by Crippen LogP contribution is 2.28. The minimum Gasteiger partial charge on any atom is -0.339 e. The Labute approximate surface area is 140 Å². The van der Waals surface area contributed by atoms with Crippen molar-refractivity contribution in [3.8, 4) is 0 Å². The van der Waals surface area contributed by atoms with Crippen LogP contribution in [0.1, 0.15) is 12.5 Å². The summed E-state index contributed by atoms with van der Waals surface area (Å²) < 4.78 is 0. The Morgan fingerprint density at radius 2 is 1.81 bits per heavy atom. The van der Waals surface area contributed by atoms with Crippen molar-refractivity contribution in [1.29, 1.82) is 0 Å². The van der Waals surface area contributed by atoms with Crippen LogP contribution in [-0.4, -0.2) is 54.2 Å². The van der Waals surface area contributed by atoms with E-state index in [0.717, 1.165) is 38.3 Å². The van der Waals surface area contributed by atoms with Crippen LogP contribution in [0.4, 0.5) is 0 Å². The summed E-state index contributed by atoms with van der Waals surface area (Å²) in [7, 11) is 0. The molecular formula is C15H20Cl2N2OS. The van der Waals surface area contributed by atoms with Gasteiger partial charge in [-0.25, -0.2) is 0 Å². The van der Waals surface area contributed by atoms with Crippen LogP contribution in [-0.2, 0) is 10.5 Å². The highest BCUT2D eigenvalue weighted by Gasteiger charge is 2.20. The maximum absolute atomic E-state index is 12.2. The van der Waals surface area contributed by atoms with Crippen LogP contribution in [0.2, 0.25) is 10.0 Å². The van der Waals surface area contributed by atoms with Crippen molar-refractivity contribution < 1.29 is 4.79 Å². The van der Waals surface area contributed by atoms with E-state index in [-0.39, 0.29) is 5.91 Å². The van der Waals surface area contributed by atoms with Gasteiger partial charge in [-0.3, -0.25) is 4.79 Å². The Bertz CT molecular complexity index is 470. The number of hydrogen-bond acceptors (Lipinski definition) is 3. The van der Waals surface area contributed by atoms with Crippen molar-refractivity contribution in [1.82, 2.24) is 9.80 Å². The van der Waals surface area contributed by atoms with Crippen LogP contribution in [0.3, 0.4) is 0 Å². The monoisotopic (exact) mass is 346 g/mol. The largest absolute Gasteiger partial charge is 0.339 e. The van der Waals surface area contributed by atoms with Gasteiger partial charge in [0.25, 0.3) is 0 Å². The lowest BCUT2D eigenvalue weighted by Gasteiger charge is -2.34. The van der Waals surface area contributed by atoms with E-state index in [1.54, 1.807) is 11.8 Å². The Morgan fingerprint density at radius 3 is 2.38 bits per heavy atom. The summed E-state index contributed by atoms with van der Waals surface area (Å²) in [6.45, 7) is 6.83. The van der Waals surface area contributed by atoms with Gasteiger partial charge in [-0.05, 0) is 24.2 Å². The Kier molecular flexibility index (Phi) is 6.68. The molecule has 0 saturated carbocycles. The smallest absolute Gasteiger partial charge is 0.232 e. The molecule has 0 aromatic heterocycles. The number of halogens is 2. The highest BCUT2D eigenvalue weighted by atomic mass is 35.5. The number of rotatable bonds is 5. The molecule has 1 aromatic carbocycles. The molecule has 1 saturated heterocycles. The van der Waals surface area contributed by atoms with Gasteiger partial charge in [0.05, 0.1) is 5.75 Å². The molecule has 1 heterocycles. The minimum absolute atomic E-state index is 0.207. The fraction of sp³-hybridized carbons (Fsp3) is 0.533. The molecule has 0 aliphatic carbocycles. The normalized spacial score (nSPS) is 16.2. The SMILES string of the molecule is CCN1CCN(C(=O)CSCc2c(Cl)cccc2Cl)CC1. The molecule has 0 bridgehead atoms. The summed E-state index contributed by atoms with van der Waals surface area (Å²) in [6.07, 6.45) is 0. The topological polar surface area (TPSA) is 23.6 Å². The van der Waals surface area contributed by atoms with E-state index in [1.807, 2.05) is 23.1 Å². The van der Waals surface area contributed by atoms with Crippen molar-refractivity contribution in [2.24, 2.45) is 0 Å². The molecule has 1 aliphatic heterocycles. The van der Waals surface area contributed by atoms with Crippen LogP contribution in [0, 0.1) is 0 Å². The molecule has 0 spiro atoms. The van der Waals surface area contributed by atoms with E-state index >= 15 is 0 Å². The lowest BCUT2D eigenvalue weighted by molar-refractivity contribution is -0.130. The quantitative estimate of drug-likeness (QED) is 0.816. The zero-order valence-corrected chi connectivity index (χ0v) is 14.5. The third-order valence-electron chi connectivity index (χ3n) is 3.71. The second-order valence-corrected chi connectivity index (χ2v) is 6.81. The van der Waals surface area contributed by atoms with Crippen LogP contribution in [0.15, 0.2) is 18.2 Å². The number of thioether (sulfide) groups is 1. The van der Waals surface area contributed by atoms with Gasteiger partial charge in [-0.1, -0.05) is 36.2 Å². The first kappa shape index (κ1) is 16.9. The van der Waals surface area contributed by atoms with E-state index in [2.05, 4.69) is 11.8 Å².